The lowest BCUT2D eigenvalue weighted by Crippen LogP contribution is -2.50. The van der Waals surface area contributed by atoms with E-state index in [-0.39, 0.29) is 30.8 Å². The van der Waals surface area contributed by atoms with Crippen molar-refractivity contribution < 1.29 is 24.2 Å². The smallest absolute Gasteiger partial charge is 0.407 e. The van der Waals surface area contributed by atoms with E-state index < -0.39 is 24.1 Å². The van der Waals surface area contributed by atoms with E-state index in [1.54, 1.807) is 0 Å². The first-order valence-corrected chi connectivity index (χ1v) is 12.0. The van der Waals surface area contributed by atoms with Gasteiger partial charge in [0.05, 0.1) is 0 Å². The number of hydrogen-bond acceptors (Lipinski definition) is 4. The third kappa shape index (κ3) is 4.93. The maximum atomic E-state index is 12.9. The molecule has 0 aromatic heterocycles. The Kier molecular flexibility index (Phi) is 7.20. The number of alkyl carbamates (subject to hydrolysis) is 1. The molecule has 1 saturated heterocycles. The quantitative estimate of drug-likeness (QED) is 0.633. The molecule has 2 amide bonds. The fourth-order valence-electron chi connectivity index (χ4n) is 5.04. The van der Waals surface area contributed by atoms with E-state index in [0.29, 0.717) is 13.0 Å². The standard InChI is InChI=1S/C27H32N2O5/c1-17(2)23(15-25(30)29-14-8-7-13-24(29)26(31)32)28-27(33)34-16-22-20-11-5-3-9-18(20)19-10-4-6-12-21(19)22/h3-6,9-12,17,22-24H,7-8,13-16H2,1-2H3,(H,28,33)(H,31,32)/t23-,24+/m1/s1. The number of amides is 2. The first-order valence-electron chi connectivity index (χ1n) is 12.0. The van der Waals surface area contributed by atoms with Crippen LogP contribution in [0.1, 0.15) is 56.6 Å². The maximum absolute atomic E-state index is 12.9. The van der Waals surface area contributed by atoms with Crippen molar-refractivity contribution >= 4 is 18.0 Å². The van der Waals surface area contributed by atoms with Crippen LogP contribution in [0.4, 0.5) is 4.79 Å². The molecule has 4 rings (SSSR count). The number of carboxylic acids is 1. The Morgan fingerprint density at radius 3 is 2.24 bits per heavy atom. The number of fused-ring (bicyclic) bond motifs is 3. The number of nitrogens with zero attached hydrogens (tertiary/aromatic N) is 1. The van der Waals surface area contributed by atoms with Gasteiger partial charge in [-0.3, -0.25) is 4.79 Å². The van der Waals surface area contributed by atoms with Crippen molar-refractivity contribution in [2.45, 2.75) is 57.5 Å². The summed E-state index contributed by atoms with van der Waals surface area (Å²) in [5.74, 6) is -1.28. The molecule has 1 aliphatic carbocycles. The van der Waals surface area contributed by atoms with Crippen LogP contribution >= 0.6 is 0 Å². The van der Waals surface area contributed by atoms with Gasteiger partial charge in [-0.25, -0.2) is 9.59 Å². The molecule has 0 unspecified atom stereocenters. The number of carbonyl (C=O) groups is 3. The number of ether oxygens (including phenoxy) is 1. The van der Waals surface area contributed by atoms with Crippen LogP contribution in [0, 0.1) is 5.92 Å². The molecule has 2 aromatic carbocycles. The molecule has 1 aliphatic heterocycles. The molecule has 2 N–H and O–H groups in total. The summed E-state index contributed by atoms with van der Waals surface area (Å²) in [6, 6.07) is 15.1. The minimum absolute atomic E-state index is 0.0162. The van der Waals surface area contributed by atoms with Crippen molar-refractivity contribution in [2.75, 3.05) is 13.2 Å². The number of rotatable bonds is 7. The van der Waals surface area contributed by atoms with Crippen molar-refractivity contribution in [3.05, 3.63) is 59.7 Å². The highest BCUT2D eigenvalue weighted by Crippen LogP contribution is 2.44. The predicted octanol–water partition coefficient (Wildman–Crippen LogP) is 4.41. The summed E-state index contributed by atoms with van der Waals surface area (Å²) >= 11 is 0. The molecule has 7 nitrogen and oxygen atoms in total. The largest absolute Gasteiger partial charge is 0.480 e. The van der Waals surface area contributed by atoms with Gasteiger partial charge >= 0.3 is 12.1 Å². The molecule has 1 fully saturated rings. The van der Waals surface area contributed by atoms with Crippen molar-refractivity contribution in [3.63, 3.8) is 0 Å². The third-order valence-corrected chi connectivity index (χ3v) is 6.95. The lowest BCUT2D eigenvalue weighted by Gasteiger charge is -2.34. The number of hydrogen-bond donors (Lipinski definition) is 2. The average Bonchev–Trinajstić information content (AvgIpc) is 3.16. The molecule has 2 aliphatic rings. The van der Waals surface area contributed by atoms with Gasteiger partial charge in [0.1, 0.15) is 12.6 Å². The third-order valence-electron chi connectivity index (χ3n) is 6.95. The molecule has 2 aromatic rings. The zero-order valence-corrected chi connectivity index (χ0v) is 19.7. The number of nitrogens with one attached hydrogen (secondary N) is 1. The summed E-state index contributed by atoms with van der Waals surface area (Å²) < 4.78 is 5.64. The van der Waals surface area contributed by atoms with Crippen molar-refractivity contribution in [2.24, 2.45) is 5.92 Å². The summed E-state index contributed by atoms with van der Waals surface area (Å²) in [5, 5.41) is 12.3. The second-order valence-electron chi connectivity index (χ2n) is 9.46. The molecule has 0 saturated carbocycles. The number of carboxylic acid groups (broad SMARTS) is 1. The number of piperidine rings is 1. The Balaban J connectivity index is 1.38. The van der Waals surface area contributed by atoms with E-state index in [1.807, 2.05) is 38.1 Å². The number of benzene rings is 2. The lowest BCUT2D eigenvalue weighted by atomic mass is 9.97. The van der Waals surface area contributed by atoms with Crippen LogP contribution in [0.2, 0.25) is 0 Å². The van der Waals surface area contributed by atoms with E-state index >= 15 is 0 Å². The van der Waals surface area contributed by atoms with E-state index in [4.69, 9.17) is 4.74 Å². The summed E-state index contributed by atoms with van der Waals surface area (Å²) in [6.07, 6.45) is 1.54. The van der Waals surface area contributed by atoms with Crippen molar-refractivity contribution in [3.8, 4) is 11.1 Å². The average molecular weight is 465 g/mol. The zero-order chi connectivity index (χ0) is 24.2. The van der Waals surface area contributed by atoms with Gasteiger partial charge in [-0.15, -0.1) is 0 Å². The predicted molar refractivity (Wildman–Crippen MR) is 128 cm³/mol. The highest BCUT2D eigenvalue weighted by atomic mass is 16.5. The van der Waals surface area contributed by atoms with Crippen LogP contribution in [0.15, 0.2) is 48.5 Å². The van der Waals surface area contributed by atoms with Crippen molar-refractivity contribution in [1.82, 2.24) is 10.2 Å². The molecule has 2 atom stereocenters. The summed E-state index contributed by atoms with van der Waals surface area (Å²) in [6.45, 7) is 4.48. The fourth-order valence-corrected chi connectivity index (χ4v) is 5.04. The van der Waals surface area contributed by atoms with Crippen LogP contribution in [-0.4, -0.2) is 53.2 Å². The molecule has 1 heterocycles. The van der Waals surface area contributed by atoms with Gasteiger partial charge in [0, 0.05) is 24.9 Å². The first kappa shape index (κ1) is 23.8. The van der Waals surface area contributed by atoms with Gasteiger partial charge in [0.15, 0.2) is 0 Å². The normalized spacial score (nSPS) is 18.2. The minimum Gasteiger partial charge on any atom is -0.480 e. The summed E-state index contributed by atoms with van der Waals surface area (Å²) in [5.41, 5.74) is 4.59. The Labute approximate surface area is 200 Å². The van der Waals surface area contributed by atoms with Crippen LogP contribution < -0.4 is 5.32 Å². The monoisotopic (exact) mass is 464 g/mol. The Morgan fingerprint density at radius 1 is 1.03 bits per heavy atom. The second kappa shape index (κ2) is 10.3. The summed E-state index contributed by atoms with van der Waals surface area (Å²) in [4.78, 5) is 38.7. The Hall–Kier alpha value is -3.35. The number of likely N-dealkylation sites (tertiary alicyclic amines) is 1. The van der Waals surface area contributed by atoms with Crippen LogP contribution in [-0.2, 0) is 14.3 Å². The van der Waals surface area contributed by atoms with Crippen molar-refractivity contribution in [1.29, 1.82) is 0 Å². The molecule has 34 heavy (non-hydrogen) atoms. The first-order chi connectivity index (χ1) is 16.4. The molecular formula is C27H32N2O5. The molecule has 0 radical (unpaired) electrons. The maximum Gasteiger partial charge on any atom is 0.407 e. The number of aliphatic carboxylic acids is 1. The Bertz CT molecular complexity index is 1020. The van der Waals surface area contributed by atoms with Crippen LogP contribution in [0.25, 0.3) is 11.1 Å². The van der Waals surface area contributed by atoms with E-state index in [2.05, 4.69) is 29.6 Å². The van der Waals surface area contributed by atoms with E-state index in [0.717, 1.165) is 35.1 Å². The SMILES string of the molecule is CC(C)[C@@H](CC(=O)N1CCCC[C@H]1C(=O)O)NC(=O)OCC1c2ccccc2-c2ccccc21. The van der Waals surface area contributed by atoms with Gasteiger partial charge in [0.25, 0.3) is 0 Å². The van der Waals surface area contributed by atoms with Gasteiger partial charge in [0.2, 0.25) is 5.91 Å². The van der Waals surface area contributed by atoms with Gasteiger partial charge in [-0.1, -0.05) is 62.4 Å². The van der Waals surface area contributed by atoms with Gasteiger partial charge < -0.3 is 20.1 Å². The van der Waals surface area contributed by atoms with E-state index in [1.165, 1.54) is 4.90 Å². The molecular weight excluding hydrogens is 432 g/mol. The highest BCUT2D eigenvalue weighted by Gasteiger charge is 2.34. The molecule has 7 heteroatoms. The van der Waals surface area contributed by atoms with E-state index in [9.17, 15) is 19.5 Å². The zero-order valence-electron chi connectivity index (χ0n) is 19.7. The van der Waals surface area contributed by atoms with Crippen LogP contribution in [0.5, 0.6) is 0 Å². The second-order valence-corrected chi connectivity index (χ2v) is 9.46. The molecule has 0 bridgehead atoms. The number of carbonyl (C=O) groups excluding carboxylic acids is 2. The lowest BCUT2D eigenvalue weighted by molar-refractivity contribution is -0.152. The molecule has 180 valence electrons. The minimum atomic E-state index is -0.973. The topological polar surface area (TPSA) is 95.9 Å². The van der Waals surface area contributed by atoms with Crippen LogP contribution in [0.3, 0.4) is 0 Å². The molecule has 0 spiro atoms. The highest BCUT2D eigenvalue weighted by molar-refractivity contribution is 5.84. The van der Waals surface area contributed by atoms with Gasteiger partial charge in [-0.2, -0.15) is 0 Å². The van der Waals surface area contributed by atoms with Gasteiger partial charge in [-0.05, 0) is 47.4 Å². The fraction of sp³-hybridized carbons (Fsp3) is 0.444. The summed E-state index contributed by atoms with van der Waals surface area (Å²) in [7, 11) is 0. The Morgan fingerprint density at radius 2 is 1.65 bits per heavy atom.